The summed E-state index contributed by atoms with van der Waals surface area (Å²) in [5, 5.41) is 1.88. The third-order valence-electron chi connectivity index (χ3n) is 6.94. The minimum Gasteiger partial charge on any atom is -0.497 e. The van der Waals surface area contributed by atoms with Crippen LogP contribution in [0.1, 0.15) is 15.9 Å². The highest BCUT2D eigenvalue weighted by molar-refractivity contribution is 6.32. The number of carbonyl (C=O) groups excluding carboxylic acids is 1. The lowest BCUT2D eigenvalue weighted by Gasteiger charge is -2.20. The maximum absolute atomic E-state index is 13.8. The highest BCUT2D eigenvalue weighted by Crippen LogP contribution is 2.52. The average molecular weight is 473 g/mol. The summed E-state index contributed by atoms with van der Waals surface area (Å²) in [5.41, 5.74) is 7.47. The summed E-state index contributed by atoms with van der Waals surface area (Å²) in [6.07, 6.45) is 0. The first-order valence-electron chi connectivity index (χ1n) is 11.7. The summed E-state index contributed by atoms with van der Waals surface area (Å²) in [7, 11) is 4.97. The fourth-order valence-corrected chi connectivity index (χ4v) is 5.24. The molecule has 5 aromatic carbocycles. The molecule has 0 spiro atoms. The Balaban J connectivity index is 1.81. The normalized spacial score (nSPS) is 11.8. The molecule has 0 saturated carbocycles. The van der Waals surface area contributed by atoms with Gasteiger partial charge in [0.1, 0.15) is 17.2 Å². The Hall–Kier alpha value is -4.57. The number of fused-ring (bicyclic) bond motifs is 5. The van der Waals surface area contributed by atoms with Gasteiger partial charge in [-0.25, -0.2) is 0 Å². The van der Waals surface area contributed by atoms with Gasteiger partial charge < -0.3 is 14.2 Å². The zero-order valence-electron chi connectivity index (χ0n) is 20.3. The fraction of sp³-hybridized carbons (Fsp3) is 0.0938. The van der Waals surface area contributed by atoms with E-state index < -0.39 is 0 Å². The molecule has 0 fully saturated rings. The molecule has 6 rings (SSSR count). The highest BCUT2D eigenvalue weighted by Gasteiger charge is 2.33. The van der Waals surface area contributed by atoms with Gasteiger partial charge >= 0.3 is 0 Å². The molecule has 0 radical (unpaired) electrons. The molecule has 36 heavy (non-hydrogen) atoms. The second-order valence-corrected chi connectivity index (χ2v) is 8.74. The van der Waals surface area contributed by atoms with Crippen molar-refractivity contribution in [3.05, 3.63) is 102 Å². The minimum absolute atomic E-state index is 0.0369. The van der Waals surface area contributed by atoms with E-state index in [1.165, 1.54) is 0 Å². The molecule has 0 N–H and O–H groups in total. The summed E-state index contributed by atoms with van der Waals surface area (Å²) in [6.45, 7) is 0. The zero-order valence-corrected chi connectivity index (χ0v) is 20.3. The molecule has 0 aromatic heterocycles. The number of methoxy groups -OCH3 is 3. The van der Waals surface area contributed by atoms with Crippen LogP contribution >= 0.6 is 0 Å². The van der Waals surface area contributed by atoms with Crippen LogP contribution in [0.15, 0.2) is 91.0 Å². The van der Waals surface area contributed by atoms with E-state index in [0.717, 1.165) is 61.2 Å². The first kappa shape index (κ1) is 21.9. The lowest BCUT2D eigenvalue weighted by atomic mass is 9.82. The van der Waals surface area contributed by atoms with E-state index in [0.29, 0.717) is 11.3 Å². The van der Waals surface area contributed by atoms with Crippen molar-refractivity contribution in [3.8, 4) is 50.6 Å². The van der Waals surface area contributed by atoms with E-state index in [1.54, 1.807) is 21.3 Å². The van der Waals surface area contributed by atoms with Crippen LogP contribution in [-0.2, 0) is 0 Å². The fourth-order valence-electron chi connectivity index (χ4n) is 5.24. The largest absolute Gasteiger partial charge is 0.497 e. The topological polar surface area (TPSA) is 44.8 Å². The lowest BCUT2D eigenvalue weighted by molar-refractivity contribution is 0.104. The molecule has 176 valence electrons. The Labute approximate surface area is 209 Å². The third kappa shape index (κ3) is 3.26. The Morgan fingerprint density at radius 3 is 1.58 bits per heavy atom. The monoisotopic (exact) mass is 472 g/mol. The third-order valence-corrected chi connectivity index (χ3v) is 6.94. The van der Waals surface area contributed by atoms with Crippen molar-refractivity contribution in [2.24, 2.45) is 0 Å². The van der Waals surface area contributed by atoms with Gasteiger partial charge in [0.15, 0.2) is 5.78 Å². The van der Waals surface area contributed by atoms with Crippen molar-refractivity contribution < 1.29 is 19.0 Å². The van der Waals surface area contributed by atoms with Crippen LogP contribution in [0.5, 0.6) is 17.2 Å². The molecule has 1 aliphatic rings. The number of hydrogen-bond acceptors (Lipinski definition) is 4. The molecular formula is C32H24O4. The van der Waals surface area contributed by atoms with Gasteiger partial charge in [0.25, 0.3) is 0 Å². The summed E-state index contributed by atoms with van der Waals surface area (Å²) < 4.78 is 16.4. The van der Waals surface area contributed by atoms with Gasteiger partial charge in [-0.3, -0.25) is 4.79 Å². The molecule has 5 aromatic rings. The van der Waals surface area contributed by atoms with Crippen LogP contribution in [0.2, 0.25) is 0 Å². The predicted molar refractivity (Wildman–Crippen MR) is 143 cm³/mol. The first-order chi connectivity index (χ1) is 17.6. The summed E-state index contributed by atoms with van der Waals surface area (Å²) in [5.74, 6) is 2.32. The number of benzene rings is 5. The van der Waals surface area contributed by atoms with Crippen LogP contribution in [0, 0.1) is 0 Å². The van der Waals surface area contributed by atoms with Crippen LogP contribution in [0.25, 0.3) is 44.2 Å². The van der Waals surface area contributed by atoms with Gasteiger partial charge in [-0.05, 0) is 75.0 Å². The van der Waals surface area contributed by atoms with E-state index in [1.807, 2.05) is 60.7 Å². The standard InChI is InChI=1S/C32H24O4/c1-34-21-12-8-19(9-13-21)28-25-17-16-23(36-3)18-27(25)31-30(24-6-4-5-7-26(24)32(31)33)29(28)20-10-14-22(35-2)15-11-20/h4-18H,1-3H3. The average Bonchev–Trinajstić information content (AvgIpc) is 3.24. The molecule has 4 heteroatoms. The smallest absolute Gasteiger partial charge is 0.194 e. The van der Waals surface area contributed by atoms with E-state index >= 15 is 0 Å². The quantitative estimate of drug-likeness (QED) is 0.262. The summed E-state index contributed by atoms with van der Waals surface area (Å²) in [6, 6.07) is 29.9. The molecule has 0 aliphatic heterocycles. The minimum atomic E-state index is 0.0369. The van der Waals surface area contributed by atoms with Crippen molar-refractivity contribution in [2.45, 2.75) is 0 Å². The molecule has 0 amide bonds. The van der Waals surface area contributed by atoms with Gasteiger partial charge in [0.05, 0.1) is 21.3 Å². The molecule has 0 atom stereocenters. The summed E-state index contributed by atoms with van der Waals surface area (Å²) in [4.78, 5) is 13.8. The van der Waals surface area contributed by atoms with Crippen molar-refractivity contribution >= 4 is 16.6 Å². The second-order valence-electron chi connectivity index (χ2n) is 8.74. The predicted octanol–water partition coefficient (Wildman–Crippen LogP) is 7.41. The van der Waals surface area contributed by atoms with Crippen molar-refractivity contribution in [1.82, 2.24) is 0 Å². The number of ketones is 1. The molecule has 0 bridgehead atoms. The Bertz CT molecular complexity index is 1630. The van der Waals surface area contributed by atoms with Gasteiger partial charge in [-0.2, -0.15) is 0 Å². The highest BCUT2D eigenvalue weighted by atomic mass is 16.5. The van der Waals surface area contributed by atoms with E-state index in [9.17, 15) is 4.79 Å². The maximum Gasteiger partial charge on any atom is 0.194 e. The molecule has 0 unspecified atom stereocenters. The van der Waals surface area contributed by atoms with Gasteiger partial charge in [0.2, 0.25) is 0 Å². The van der Waals surface area contributed by atoms with Crippen LogP contribution in [0.4, 0.5) is 0 Å². The summed E-state index contributed by atoms with van der Waals surface area (Å²) >= 11 is 0. The lowest BCUT2D eigenvalue weighted by Crippen LogP contribution is -2.00. The molecule has 0 heterocycles. The van der Waals surface area contributed by atoms with Crippen molar-refractivity contribution in [3.63, 3.8) is 0 Å². The number of carbonyl (C=O) groups is 1. The van der Waals surface area contributed by atoms with E-state index in [2.05, 4.69) is 30.3 Å². The molecule has 4 nitrogen and oxygen atoms in total. The zero-order chi connectivity index (χ0) is 24.8. The van der Waals surface area contributed by atoms with E-state index in [-0.39, 0.29) is 5.78 Å². The molecule has 0 saturated heterocycles. The van der Waals surface area contributed by atoms with Gasteiger partial charge in [0, 0.05) is 16.7 Å². The SMILES string of the molecule is COc1ccc(-c2c3c(c4cc(OC)ccc4c2-c2ccc(OC)cc2)C(=O)c2ccccc2-3)cc1. The number of hydrogen-bond donors (Lipinski definition) is 0. The van der Waals surface area contributed by atoms with Crippen LogP contribution < -0.4 is 14.2 Å². The molecule has 1 aliphatic carbocycles. The van der Waals surface area contributed by atoms with Crippen molar-refractivity contribution in [2.75, 3.05) is 21.3 Å². The van der Waals surface area contributed by atoms with Gasteiger partial charge in [-0.15, -0.1) is 0 Å². The molecular weight excluding hydrogens is 448 g/mol. The Morgan fingerprint density at radius 1 is 0.472 bits per heavy atom. The number of rotatable bonds is 5. The van der Waals surface area contributed by atoms with Gasteiger partial charge in [-0.1, -0.05) is 54.6 Å². The maximum atomic E-state index is 13.8. The van der Waals surface area contributed by atoms with E-state index in [4.69, 9.17) is 14.2 Å². The van der Waals surface area contributed by atoms with Crippen molar-refractivity contribution in [1.29, 1.82) is 0 Å². The Morgan fingerprint density at radius 2 is 1.00 bits per heavy atom. The van der Waals surface area contributed by atoms with Crippen LogP contribution in [0.3, 0.4) is 0 Å². The Kier molecular flexibility index (Phi) is 5.23. The van der Waals surface area contributed by atoms with Crippen LogP contribution in [-0.4, -0.2) is 27.1 Å². The number of ether oxygens (including phenoxy) is 3. The second kappa shape index (κ2) is 8.58. The first-order valence-corrected chi connectivity index (χ1v) is 11.7.